The fraction of sp³-hybridized carbons (Fsp3) is 0.889. The van der Waals surface area contributed by atoms with Crippen LogP contribution in [0.15, 0.2) is 0 Å². The van der Waals surface area contributed by atoms with E-state index in [4.69, 9.17) is 9.84 Å². The number of nitrogens with zero attached hydrogens (tertiary/aromatic N) is 1. The van der Waals surface area contributed by atoms with Crippen LogP contribution in [0, 0.1) is 0 Å². The Morgan fingerprint density at radius 2 is 2.00 bits per heavy atom. The van der Waals surface area contributed by atoms with E-state index in [2.05, 4.69) is 18.7 Å². The maximum absolute atomic E-state index is 10.4. The molecule has 0 radical (unpaired) electrons. The van der Waals surface area contributed by atoms with E-state index in [1.165, 1.54) is 0 Å². The smallest absolute Gasteiger partial charge is 0.332 e. The van der Waals surface area contributed by atoms with Crippen LogP contribution >= 0.6 is 0 Å². The molecule has 0 spiro atoms. The molecule has 0 saturated heterocycles. The lowest BCUT2D eigenvalue weighted by Gasteiger charge is -2.18. The zero-order valence-electron chi connectivity index (χ0n) is 8.62. The van der Waals surface area contributed by atoms with Crippen LogP contribution in [0.2, 0.25) is 0 Å². The number of aliphatic carboxylic acids is 1. The molecular weight excluding hydrogens is 170 g/mol. The second kappa shape index (κ2) is 6.86. The van der Waals surface area contributed by atoms with Crippen LogP contribution in [0.4, 0.5) is 0 Å². The van der Waals surface area contributed by atoms with E-state index in [1.54, 1.807) is 6.92 Å². The van der Waals surface area contributed by atoms with Gasteiger partial charge in [0, 0.05) is 6.54 Å². The predicted octanol–water partition coefficient (Wildman–Crippen LogP) is 0.818. The Balaban J connectivity index is 3.48. The standard InChI is InChI=1S/C9H19NO3/c1-4-10(5-2)6-7-13-8(3)9(11)12/h8H,4-7H2,1-3H3,(H,11,12)/t8-/m1/s1. The average molecular weight is 189 g/mol. The molecule has 4 heteroatoms. The summed E-state index contributed by atoms with van der Waals surface area (Å²) in [7, 11) is 0. The summed E-state index contributed by atoms with van der Waals surface area (Å²) in [6.45, 7) is 8.92. The Bertz CT molecular complexity index is 146. The molecule has 0 amide bonds. The van der Waals surface area contributed by atoms with E-state index in [0.29, 0.717) is 6.61 Å². The molecular formula is C9H19NO3. The first-order chi connectivity index (χ1) is 6.11. The minimum absolute atomic E-state index is 0.481. The van der Waals surface area contributed by atoms with Gasteiger partial charge in [-0.05, 0) is 20.0 Å². The summed E-state index contributed by atoms with van der Waals surface area (Å²) in [4.78, 5) is 12.6. The summed E-state index contributed by atoms with van der Waals surface area (Å²) < 4.78 is 5.10. The van der Waals surface area contributed by atoms with Crippen molar-refractivity contribution in [3.8, 4) is 0 Å². The fourth-order valence-electron chi connectivity index (χ4n) is 0.970. The Hall–Kier alpha value is -0.610. The van der Waals surface area contributed by atoms with Crippen molar-refractivity contribution in [1.29, 1.82) is 0 Å². The minimum Gasteiger partial charge on any atom is -0.479 e. The number of rotatable bonds is 7. The van der Waals surface area contributed by atoms with E-state index in [-0.39, 0.29) is 0 Å². The molecule has 0 aromatic heterocycles. The van der Waals surface area contributed by atoms with E-state index in [9.17, 15) is 4.79 Å². The molecule has 78 valence electrons. The van der Waals surface area contributed by atoms with Gasteiger partial charge in [0.2, 0.25) is 0 Å². The average Bonchev–Trinajstić information content (AvgIpc) is 2.12. The lowest BCUT2D eigenvalue weighted by Crippen LogP contribution is -2.30. The number of carboxylic acids is 1. The highest BCUT2D eigenvalue weighted by Gasteiger charge is 2.10. The van der Waals surface area contributed by atoms with Gasteiger partial charge < -0.3 is 14.7 Å². The molecule has 0 aliphatic heterocycles. The fourth-order valence-corrected chi connectivity index (χ4v) is 0.970. The summed E-state index contributed by atoms with van der Waals surface area (Å²) in [5.74, 6) is -0.903. The van der Waals surface area contributed by atoms with Crippen molar-refractivity contribution in [1.82, 2.24) is 4.90 Å². The van der Waals surface area contributed by atoms with Crippen LogP contribution < -0.4 is 0 Å². The summed E-state index contributed by atoms with van der Waals surface area (Å²) in [5, 5.41) is 8.52. The van der Waals surface area contributed by atoms with Gasteiger partial charge in [-0.25, -0.2) is 4.79 Å². The van der Waals surface area contributed by atoms with Gasteiger partial charge in [0.25, 0.3) is 0 Å². The van der Waals surface area contributed by atoms with Gasteiger partial charge in [-0.2, -0.15) is 0 Å². The third-order valence-corrected chi connectivity index (χ3v) is 2.02. The summed E-state index contributed by atoms with van der Waals surface area (Å²) in [6, 6.07) is 0. The largest absolute Gasteiger partial charge is 0.479 e. The second-order valence-electron chi connectivity index (χ2n) is 2.88. The van der Waals surface area contributed by atoms with Crippen molar-refractivity contribution in [2.24, 2.45) is 0 Å². The van der Waals surface area contributed by atoms with Gasteiger partial charge in [0.15, 0.2) is 6.10 Å². The molecule has 0 aromatic rings. The maximum atomic E-state index is 10.4. The van der Waals surface area contributed by atoms with Crippen molar-refractivity contribution in [2.45, 2.75) is 26.9 Å². The number of carboxylic acid groups (broad SMARTS) is 1. The molecule has 0 fully saturated rings. The Kier molecular flexibility index (Phi) is 6.54. The van der Waals surface area contributed by atoms with Gasteiger partial charge in [0.05, 0.1) is 6.61 Å². The van der Waals surface area contributed by atoms with E-state index < -0.39 is 12.1 Å². The third kappa shape index (κ3) is 5.60. The zero-order valence-corrected chi connectivity index (χ0v) is 8.62. The van der Waals surface area contributed by atoms with Gasteiger partial charge in [0.1, 0.15) is 0 Å². The molecule has 0 aromatic carbocycles. The molecule has 0 aliphatic rings. The number of likely N-dealkylation sites (N-methyl/N-ethyl adjacent to an activating group) is 1. The van der Waals surface area contributed by atoms with Crippen LogP contribution in [-0.2, 0) is 9.53 Å². The van der Waals surface area contributed by atoms with E-state index in [1.807, 2.05) is 0 Å². The molecule has 0 heterocycles. The van der Waals surface area contributed by atoms with Gasteiger partial charge >= 0.3 is 5.97 Å². The SMILES string of the molecule is CCN(CC)CCO[C@H](C)C(=O)O. The normalized spacial score (nSPS) is 13.2. The Labute approximate surface area is 79.5 Å². The Morgan fingerprint density at radius 3 is 2.38 bits per heavy atom. The zero-order chi connectivity index (χ0) is 10.3. The van der Waals surface area contributed by atoms with Crippen molar-refractivity contribution in [3.63, 3.8) is 0 Å². The van der Waals surface area contributed by atoms with Crippen LogP contribution in [-0.4, -0.2) is 48.3 Å². The van der Waals surface area contributed by atoms with Crippen molar-refractivity contribution in [3.05, 3.63) is 0 Å². The number of carbonyl (C=O) groups is 1. The van der Waals surface area contributed by atoms with Crippen molar-refractivity contribution >= 4 is 5.97 Å². The lowest BCUT2D eigenvalue weighted by molar-refractivity contribution is -0.149. The summed E-state index contributed by atoms with van der Waals surface area (Å²) in [5.41, 5.74) is 0. The van der Waals surface area contributed by atoms with E-state index >= 15 is 0 Å². The van der Waals surface area contributed by atoms with Crippen LogP contribution in [0.5, 0.6) is 0 Å². The molecule has 0 bridgehead atoms. The quantitative estimate of drug-likeness (QED) is 0.644. The van der Waals surface area contributed by atoms with Gasteiger partial charge in [-0.1, -0.05) is 13.8 Å². The highest BCUT2D eigenvalue weighted by molar-refractivity contribution is 5.71. The summed E-state index contributed by atoms with van der Waals surface area (Å²) >= 11 is 0. The number of hydrogen-bond donors (Lipinski definition) is 1. The maximum Gasteiger partial charge on any atom is 0.332 e. The molecule has 0 aliphatic carbocycles. The van der Waals surface area contributed by atoms with Gasteiger partial charge in [-0.15, -0.1) is 0 Å². The predicted molar refractivity (Wildman–Crippen MR) is 50.8 cm³/mol. The molecule has 0 unspecified atom stereocenters. The monoisotopic (exact) mass is 189 g/mol. The van der Waals surface area contributed by atoms with Crippen LogP contribution in [0.3, 0.4) is 0 Å². The molecule has 0 saturated carbocycles. The third-order valence-electron chi connectivity index (χ3n) is 2.02. The molecule has 13 heavy (non-hydrogen) atoms. The Morgan fingerprint density at radius 1 is 1.46 bits per heavy atom. The highest BCUT2D eigenvalue weighted by Crippen LogP contribution is 1.92. The van der Waals surface area contributed by atoms with Crippen molar-refractivity contribution < 1.29 is 14.6 Å². The van der Waals surface area contributed by atoms with Gasteiger partial charge in [-0.3, -0.25) is 0 Å². The summed E-state index contributed by atoms with van der Waals surface area (Å²) in [6.07, 6.45) is -0.699. The molecule has 0 rings (SSSR count). The van der Waals surface area contributed by atoms with Crippen molar-refractivity contribution in [2.75, 3.05) is 26.2 Å². The second-order valence-corrected chi connectivity index (χ2v) is 2.88. The molecule has 1 N–H and O–H groups in total. The number of ether oxygens (including phenoxy) is 1. The molecule has 4 nitrogen and oxygen atoms in total. The first-order valence-electron chi connectivity index (χ1n) is 4.68. The first-order valence-corrected chi connectivity index (χ1v) is 4.68. The lowest BCUT2D eigenvalue weighted by atomic mass is 10.4. The van der Waals surface area contributed by atoms with Crippen LogP contribution in [0.25, 0.3) is 0 Å². The molecule has 1 atom stereocenters. The van der Waals surface area contributed by atoms with Crippen LogP contribution in [0.1, 0.15) is 20.8 Å². The topological polar surface area (TPSA) is 49.8 Å². The first kappa shape index (κ1) is 12.4. The highest BCUT2D eigenvalue weighted by atomic mass is 16.5. The minimum atomic E-state index is -0.903. The number of hydrogen-bond acceptors (Lipinski definition) is 3. The van der Waals surface area contributed by atoms with E-state index in [0.717, 1.165) is 19.6 Å².